The number of nitrogens with zero attached hydrogens (tertiary/aromatic N) is 4. The molecule has 1 aliphatic rings. The van der Waals surface area contributed by atoms with Gasteiger partial charge in [-0.2, -0.15) is 0 Å². The molecule has 3 aromatic rings. The average molecular weight is 409 g/mol. The zero-order valence-electron chi connectivity index (χ0n) is 16.8. The van der Waals surface area contributed by atoms with E-state index in [-0.39, 0.29) is 11.2 Å². The van der Waals surface area contributed by atoms with E-state index in [1.165, 1.54) is 22.9 Å². The Hall–Kier alpha value is -2.80. The Bertz CT molecular complexity index is 1020. The van der Waals surface area contributed by atoms with Crippen LogP contribution >= 0.6 is 11.8 Å². The lowest BCUT2D eigenvalue weighted by Gasteiger charge is -2.30. The molecule has 0 bridgehead atoms. The number of aromatic nitrogens is 3. The summed E-state index contributed by atoms with van der Waals surface area (Å²) in [5, 5.41) is 9.14. The van der Waals surface area contributed by atoms with E-state index < -0.39 is 0 Å². The molecule has 1 amide bonds. The molecule has 0 N–H and O–H groups in total. The SMILES string of the molecule is COc1ccc(-c2nnc(S[C@H](C)C(=O)N3CCc4ccccc4C3)n2C)cc1. The Balaban J connectivity index is 1.45. The summed E-state index contributed by atoms with van der Waals surface area (Å²) in [6.07, 6.45) is 0.908. The molecular weight excluding hydrogens is 384 g/mol. The summed E-state index contributed by atoms with van der Waals surface area (Å²) in [6, 6.07) is 16.1. The molecule has 1 aliphatic heterocycles. The Morgan fingerprint density at radius 2 is 1.83 bits per heavy atom. The standard InChI is InChI=1S/C22H24N4O2S/c1-15(21(27)26-13-12-16-6-4-5-7-18(16)14-26)29-22-24-23-20(25(22)2)17-8-10-19(28-3)11-9-17/h4-11,15H,12-14H2,1-3H3/t15-/m1/s1. The van der Waals surface area contributed by atoms with E-state index in [9.17, 15) is 4.79 Å². The van der Waals surface area contributed by atoms with Gasteiger partial charge in [-0.3, -0.25) is 4.79 Å². The second-order valence-corrected chi connectivity index (χ2v) is 8.44. The molecule has 0 aliphatic carbocycles. The van der Waals surface area contributed by atoms with Gasteiger partial charge in [0.2, 0.25) is 5.91 Å². The van der Waals surface area contributed by atoms with Gasteiger partial charge in [-0.05, 0) is 48.7 Å². The maximum absolute atomic E-state index is 13.0. The van der Waals surface area contributed by atoms with E-state index in [1.54, 1.807) is 7.11 Å². The molecule has 2 aromatic carbocycles. The van der Waals surface area contributed by atoms with Crippen molar-refractivity contribution in [3.05, 3.63) is 59.7 Å². The van der Waals surface area contributed by atoms with Crippen molar-refractivity contribution in [2.24, 2.45) is 7.05 Å². The Kier molecular flexibility index (Phi) is 5.58. The molecule has 0 fully saturated rings. The van der Waals surface area contributed by atoms with Crippen LogP contribution in [0.4, 0.5) is 0 Å². The van der Waals surface area contributed by atoms with Crippen LogP contribution < -0.4 is 4.74 Å². The summed E-state index contributed by atoms with van der Waals surface area (Å²) >= 11 is 1.45. The zero-order chi connectivity index (χ0) is 20.4. The first-order valence-electron chi connectivity index (χ1n) is 9.63. The number of ether oxygens (including phenoxy) is 1. The third-order valence-corrected chi connectivity index (χ3v) is 6.38. The Morgan fingerprint density at radius 1 is 1.10 bits per heavy atom. The minimum atomic E-state index is -0.230. The van der Waals surface area contributed by atoms with Gasteiger partial charge in [0, 0.05) is 25.7 Å². The van der Waals surface area contributed by atoms with E-state index >= 15 is 0 Å². The van der Waals surface area contributed by atoms with Crippen LogP contribution in [0.3, 0.4) is 0 Å². The first kappa shape index (κ1) is 19.5. The van der Waals surface area contributed by atoms with Crippen LogP contribution in [-0.4, -0.2) is 44.5 Å². The van der Waals surface area contributed by atoms with Crippen LogP contribution in [-0.2, 0) is 24.8 Å². The van der Waals surface area contributed by atoms with E-state index in [4.69, 9.17) is 4.74 Å². The predicted molar refractivity (Wildman–Crippen MR) is 114 cm³/mol. The lowest BCUT2D eigenvalue weighted by atomic mass is 10.00. The van der Waals surface area contributed by atoms with Gasteiger partial charge >= 0.3 is 0 Å². The minimum absolute atomic E-state index is 0.138. The molecule has 1 atom stereocenters. The number of carbonyl (C=O) groups excluding carboxylic acids is 1. The van der Waals surface area contributed by atoms with Crippen LogP contribution in [0.1, 0.15) is 18.1 Å². The molecule has 150 valence electrons. The van der Waals surface area contributed by atoms with Crippen molar-refractivity contribution >= 4 is 17.7 Å². The van der Waals surface area contributed by atoms with Gasteiger partial charge < -0.3 is 14.2 Å². The van der Waals surface area contributed by atoms with Crippen molar-refractivity contribution in [1.29, 1.82) is 0 Å². The number of thioether (sulfide) groups is 1. The highest BCUT2D eigenvalue weighted by atomic mass is 32.2. The van der Waals surface area contributed by atoms with E-state index in [2.05, 4.69) is 28.4 Å². The van der Waals surface area contributed by atoms with Crippen LogP contribution in [0.2, 0.25) is 0 Å². The van der Waals surface area contributed by atoms with Crippen molar-refractivity contribution < 1.29 is 9.53 Å². The molecule has 1 aromatic heterocycles. The fourth-order valence-corrected chi connectivity index (χ4v) is 4.46. The first-order chi connectivity index (χ1) is 14.1. The molecule has 0 saturated carbocycles. The Morgan fingerprint density at radius 3 is 2.55 bits per heavy atom. The summed E-state index contributed by atoms with van der Waals surface area (Å²) in [4.78, 5) is 14.9. The zero-order valence-corrected chi connectivity index (χ0v) is 17.6. The fourth-order valence-electron chi connectivity index (χ4n) is 3.56. The van der Waals surface area contributed by atoms with E-state index in [0.29, 0.717) is 6.54 Å². The van der Waals surface area contributed by atoms with Gasteiger partial charge in [0.05, 0.1) is 12.4 Å². The van der Waals surface area contributed by atoms with Crippen LogP contribution in [0.25, 0.3) is 11.4 Å². The number of carbonyl (C=O) groups is 1. The number of hydrogen-bond acceptors (Lipinski definition) is 5. The quantitative estimate of drug-likeness (QED) is 0.604. The summed E-state index contributed by atoms with van der Waals surface area (Å²) in [5.74, 6) is 1.70. The minimum Gasteiger partial charge on any atom is -0.497 e. The first-order valence-corrected chi connectivity index (χ1v) is 10.5. The third kappa shape index (κ3) is 4.00. The lowest BCUT2D eigenvalue weighted by Crippen LogP contribution is -2.40. The number of amides is 1. The number of benzene rings is 2. The van der Waals surface area contributed by atoms with Crippen LogP contribution in [0.5, 0.6) is 5.75 Å². The van der Waals surface area contributed by atoms with Gasteiger partial charge in [-0.15, -0.1) is 10.2 Å². The van der Waals surface area contributed by atoms with Crippen molar-refractivity contribution in [2.45, 2.75) is 30.3 Å². The highest BCUT2D eigenvalue weighted by Crippen LogP contribution is 2.28. The molecule has 0 saturated heterocycles. The largest absolute Gasteiger partial charge is 0.497 e. The monoisotopic (exact) mass is 408 g/mol. The smallest absolute Gasteiger partial charge is 0.236 e. The lowest BCUT2D eigenvalue weighted by molar-refractivity contribution is -0.131. The summed E-state index contributed by atoms with van der Waals surface area (Å²) in [6.45, 7) is 3.38. The normalized spacial score (nSPS) is 14.4. The van der Waals surface area contributed by atoms with Crippen molar-refractivity contribution in [1.82, 2.24) is 19.7 Å². The predicted octanol–water partition coefficient (Wildman–Crippen LogP) is 3.56. The molecular formula is C22H24N4O2S. The third-order valence-electron chi connectivity index (χ3n) is 5.26. The van der Waals surface area contributed by atoms with Gasteiger partial charge in [-0.1, -0.05) is 36.0 Å². The number of methoxy groups -OCH3 is 1. The van der Waals surface area contributed by atoms with Crippen molar-refractivity contribution in [3.63, 3.8) is 0 Å². The van der Waals surface area contributed by atoms with E-state index in [1.807, 2.05) is 53.8 Å². The van der Waals surface area contributed by atoms with Gasteiger partial charge in [0.15, 0.2) is 11.0 Å². The fraction of sp³-hybridized carbons (Fsp3) is 0.318. The van der Waals surface area contributed by atoms with Gasteiger partial charge in [-0.25, -0.2) is 0 Å². The molecule has 29 heavy (non-hydrogen) atoms. The molecule has 0 unspecified atom stereocenters. The molecule has 0 radical (unpaired) electrons. The highest BCUT2D eigenvalue weighted by molar-refractivity contribution is 8.00. The molecule has 0 spiro atoms. The van der Waals surface area contributed by atoms with Gasteiger partial charge in [0.25, 0.3) is 0 Å². The van der Waals surface area contributed by atoms with E-state index in [0.717, 1.165) is 35.3 Å². The van der Waals surface area contributed by atoms with Crippen molar-refractivity contribution in [2.75, 3.05) is 13.7 Å². The number of hydrogen-bond donors (Lipinski definition) is 0. The average Bonchev–Trinajstić information content (AvgIpc) is 3.12. The summed E-state index contributed by atoms with van der Waals surface area (Å²) in [7, 11) is 3.57. The van der Waals surface area contributed by atoms with Crippen LogP contribution in [0, 0.1) is 0 Å². The number of fused-ring (bicyclic) bond motifs is 1. The Labute approximate surface area is 174 Å². The summed E-state index contributed by atoms with van der Waals surface area (Å²) in [5.41, 5.74) is 3.54. The van der Waals surface area contributed by atoms with Crippen molar-refractivity contribution in [3.8, 4) is 17.1 Å². The molecule has 2 heterocycles. The maximum atomic E-state index is 13.0. The maximum Gasteiger partial charge on any atom is 0.236 e. The molecule has 6 nitrogen and oxygen atoms in total. The molecule has 4 rings (SSSR count). The molecule has 7 heteroatoms. The topological polar surface area (TPSA) is 60.3 Å². The van der Waals surface area contributed by atoms with Gasteiger partial charge in [0.1, 0.15) is 5.75 Å². The second-order valence-electron chi connectivity index (χ2n) is 7.13. The second kappa shape index (κ2) is 8.29. The van der Waals surface area contributed by atoms with Crippen LogP contribution in [0.15, 0.2) is 53.7 Å². The highest BCUT2D eigenvalue weighted by Gasteiger charge is 2.26. The number of rotatable bonds is 5. The summed E-state index contributed by atoms with van der Waals surface area (Å²) < 4.78 is 7.14.